The zero-order valence-electron chi connectivity index (χ0n) is 28.9. The van der Waals surface area contributed by atoms with Crippen LogP contribution in [0.5, 0.6) is 0 Å². The maximum atomic E-state index is 12.1. The van der Waals surface area contributed by atoms with Crippen LogP contribution >= 0.6 is 0 Å². The van der Waals surface area contributed by atoms with Gasteiger partial charge in [-0.15, -0.1) is 0 Å². The molecule has 0 rings (SSSR count). The predicted octanol–water partition coefficient (Wildman–Crippen LogP) is 11.7. The molecule has 0 aromatic rings. The number of esters is 1. The van der Waals surface area contributed by atoms with Crippen LogP contribution in [0.1, 0.15) is 162 Å². The molecule has 0 saturated carbocycles. The minimum absolute atomic E-state index is 0.193. The molecule has 4 heteroatoms. The van der Waals surface area contributed by atoms with E-state index < -0.39 is 6.10 Å². The van der Waals surface area contributed by atoms with Gasteiger partial charge in [-0.3, -0.25) is 4.79 Å². The first-order valence-electron chi connectivity index (χ1n) is 18.4. The van der Waals surface area contributed by atoms with Crippen molar-refractivity contribution >= 4 is 5.97 Å². The first-order valence-corrected chi connectivity index (χ1v) is 18.4. The molecule has 44 heavy (non-hydrogen) atoms. The average molecular weight is 615 g/mol. The van der Waals surface area contributed by atoms with Gasteiger partial charge in [0.15, 0.2) is 0 Å². The van der Waals surface area contributed by atoms with Gasteiger partial charge in [0, 0.05) is 13.0 Å². The highest BCUT2D eigenvalue weighted by atomic mass is 16.6. The molecule has 1 atom stereocenters. The normalized spacial score (nSPS) is 13.1. The molecule has 0 spiro atoms. The zero-order chi connectivity index (χ0) is 32.0. The number of carbonyl (C=O) groups excluding carboxylic acids is 1. The van der Waals surface area contributed by atoms with Gasteiger partial charge < -0.3 is 14.6 Å². The Hall–Kier alpha value is -1.91. The lowest BCUT2D eigenvalue weighted by Crippen LogP contribution is -2.27. The molecular weight excluding hydrogens is 544 g/mol. The Labute approximate surface area is 273 Å². The predicted molar refractivity (Wildman–Crippen MR) is 191 cm³/mol. The monoisotopic (exact) mass is 615 g/mol. The number of allylic oxidation sites excluding steroid dienone is 10. The van der Waals surface area contributed by atoms with Gasteiger partial charge in [-0.1, -0.05) is 139 Å². The summed E-state index contributed by atoms with van der Waals surface area (Å²) in [5.41, 5.74) is 0. The van der Waals surface area contributed by atoms with Gasteiger partial charge in [-0.2, -0.15) is 0 Å². The quantitative estimate of drug-likeness (QED) is 0.0454. The number of carbonyl (C=O) groups is 1. The Kier molecular flexibility index (Phi) is 35.7. The van der Waals surface area contributed by atoms with E-state index in [1.807, 2.05) is 0 Å². The molecule has 254 valence electrons. The fourth-order valence-corrected chi connectivity index (χ4v) is 4.84. The minimum Gasteiger partial charge on any atom is -0.457 e. The maximum Gasteiger partial charge on any atom is 0.306 e. The number of rotatable bonds is 33. The summed E-state index contributed by atoms with van der Waals surface area (Å²) < 4.78 is 11.1. The van der Waals surface area contributed by atoms with Gasteiger partial charge in [0.05, 0.1) is 13.2 Å². The number of hydrogen-bond acceptors (Lipinski definition) is 4. The molecule has 0 aliphatic rings. The lowest BCUT2D eigenvalue weighted by atomic mass is 10.1. The van der Waals surface area contributed by atoms with E-state index in [-0.39, 0.29) is 19.2 Å². The Balaban J connectivity index is 3.54. The van der Waals surface area contributed by atoms with Crippen molar-refractivity contribution in [1.82, 2.24) is 0 Å². The SMILES string of the molecule is CC/C=C\C/C=C\C/C=C\C/C=C\CCCCC(=O)OC(CO)COCCCCCCCC/C=C\CCCCCCCCC. The minimum atomic E-state index is -0.560. The highest BCUT2D eigenvalue weighted by Gasteiger charge is 2.13. The number of ether oxygens (including phenoxy) is 2. The van der Waals surface area contributed by atoms with Gasteiger partial charge >= 0.3 is 5.97 Å². The summed E-state index contributed by atoms with van der Waals surface area (Å²) in [5, 5.41) is 9.55. The van der Waals surface area contributed by atoms with Crippen LogP contribution in [0.3, 0.4) is 0 Å². The number of aliphatic hydroxyl groups is 1. The second-order valence-corrected chi connectivity index (χ2v) is 11.9. The van der Waals surface area contributed by atoms with E-state index >= 15 is 0 Å². The van der Waals surface area contributed by atoms with Gasteiger partial charge in [0.1, 0.15) is 6.10 Å². The van der Waals surface area contributed by atoms with Crippen molar-refractivity contribution in [3.8, 4) is 0 Å². The molecule has 1 N–H and O–H groups in total. The van der Waals surface area contributed by atoms with Crippen LogP contribution in [0.2, 0.25) is 0 Å². The zero-order valence-corrected chi connectivity index (χ0v) is 28.9. The Morgan fingerprint density at radius 3 is 1.57 bits per heavy atom. The second kappa shape index (κ2) is 37.3. The van der Waals surface area contributed by atoms with Crippen molar-refractivity contribution in [2.24, 2.45) is 0 Å². The van der Waals surface area contributed by atoms with Gasteiger partial charge in [0.25, 0.3) is 0 Å². The summed E-state index contributed by atoms with van der Waals surface area (Å²) >= 11 is 0. The second-order valence-electron chi connectivity index (χ2n) is 11.9. The van der Waals surface area contributed by atoms with E-state index in [1.165, 1.54) is 83.5 Å². The molecule has 0 aliphatic heterocycles. The summed E-state index contributed by atoms with van der Waals surface area (Å²) in [5.74, 6) is -0.245. The Bertz CT molecular complexity index is 734. The van der Waals surface area contributed by atoms with Crippen molar-refractivity contribution in [2.45, 2.75) is 168 Å². The third kappa shape index (κ3) is 34.6. The Morgan fingerprint density at radius 1 is 0.568 bits per heavy atom. The fraction of sp³-hybridized carbons (Fsp3) is 0.725. The number of aliphatic hydroxyl groups excluding tert-OH is 1. The molecule has 0 aromatic carbocycles. The first-order chi connectivity index (χ1) is 21.7. The van der Waals surface area contributed by atoms with Gasteiger partial charge in [-0.05, 0) is 77.0 Å². The van der Waals surface area contributed by atoms with Crippen LogP contribution in [0.4, 0.5) is 0 Å². The first kappa shape index (κ1) is 42.1. The molecule has 0 fully saturated rings. The number of hydrogen-bond donors (Lipinski definition) is 1. The van der Waals surface area contributed by atoms with Gasteiger partial charge in [-0.25, -0.2) is 0 Å². The molecule has 0 amide bonds. The molecule has 4 nitrogen and oxygen atoms in total. The van der Waals surface area contributed by atoms with E-state index in [1.54, 1.807) is 0 Å². The lowest BCUT2D eigenvalue weighted by molar-refractivity contribution is -0.154. The van der Waals surface area contributed by atoms with Crippen molar-refractivity contribution in [3.05, 3.63) is 60.8 Å². The van der Waals surface area contributed by atoms with Crippen LogP contribution < -0.4 is 0 Å². The largest absolute Gasteiger partial charge is 0.457 e. The number of unbranched alkanes of at least 4 members (excludes halogenated alkanes) is 15. The lowest BCUT2D eigenvalue weighted by Gasteiger charge is -2.15. The fourth-order valence-electron chi connectivity index (χ4n) is 4.84. The summed E-state index contributed by atoms with van der Waals surface area (Å²) in [6.07, 6.45) is 48.3. The van der Waals surface area contributed by atoms with Crippen molar-refractivity contribution in [1.29, 1.82) is 0 Å². The van der Waals surface area contributed by atoms with E-state index in [9.17, 15) is 9.90 Å². The third-order valence-electron chi connectivity index (χ3n) is 7.58. The summed E-state index contributed by atoms with van der Waals surface area (Å²) in [6.45, 7) is 5.16. The molecule has 0 saturated heterocycles. The van der Waals surface area contributed by atoms with Crippen molar-refractivity contribution in [3.63, 3.8) is 0 Å². The van der Waals surface area contributed by atoms with Crippen LogP contribution in [0.25, 0.3) is 0 Å². The molecular formula is C40H70O4. The standard InChI is InChI=1S/C40H70O4/c1-3-5-7-9-11-13-15-17-19-20-22-24-26-28-30-32-34-36-43-38-39(37-41)44-40(42)35-33-31-29-27-25-23-21-18-16-14-12-10-8-6-4-2/h6,8,12,14,18-21,25,27,39,41H,3-5,7,9-11,13,15-17,22-24,26,28-38H2,1-2H3/b8-6-,14-12-,20-19-,21-18-,27-25-. The van der Waals surface area contributed by atoms with Crippen LogP contribution in [0.15, 0.2) is 60.8 Å². The van der Waals surface area contributed by atoms with E-state index in [0.717, 1.165) is 57.8 Å². The topological polar surface area (TPSA) is 55.8 Å². The van der Waals surface area contributed by atoms with Crippen molar-refractivity contribution in [2.75, 3.05) is 19.8 Å². The van der Waals surface area contributed by atoms with Crippen molar-refractivity contribution < 1.29 is 19.4 Å². The molecule has 1 unspecified atom stereocenters. The molecule has 0 bridgehead atoms. The molecule has 0 aromatic heterocycles. The van der Waals surface area contributed by atoms with E-state index in [2.05, 4.69) is 74.6 Å². The van der Waals surface area contributed by atoms with E-state index in [0.29, 0.717) is 13.0 Å². The summed E-state index contributed by atoms with van der Waals surface area (Å²) in [7, 11) is 0. The van der Waals surface area contributed by atoms with Crippen LogP contribution in [0, 0.1) is 0 Å². The molecule has 0 aliphatic carbocycles. The van der Waals surface area contributed by atoms with E-state index in [4.69, 9.17) is 9.47 Å². The summed E-state index contributed by atoms with van der Waals surface area (Å²) in [4.78, 5) is 12.1. The van der Waals surface area contributed by atoms with Crippen LogP contribution in [-0.4, -0.2) is 37.0 Å². The molecule has 0 radical (unpaired) electrons. The molecule has 0 heterocycles. The smallest absolute Gasteiger partial charge is 0.306 e. The third-order valence-corrected chi connectivity index (χ3v) is 7.58. The van der Waals surface area contributed by atoms with Gasteiger partial charge in [0.2, 0.25) is 0 Å². The Morgan fingerprint density at radius 2 is 1.02 bits per heavy atom. The highest BCUT2D eigenvalue weighted by molar-refractivity contribution is 5.69. The maximum absolute atomic E-state index is 12.1. The highest BCUT2D eigenvalue weighted by Crippen LogP contribution is 2.11. The summed E-state index contributed by atoms with van der Waals surface area (Å²) in [6, 6.07) is 0. The van der Waals surface area contributed by atoms with Crippen LogP contribution in [-0.2, 0) is 14.3 Å². The average Bonchev–Trinajstić information content (AvgIpc) is 3.03.